The molecule has 0 amide bonds. The van der Waals surface area contributed by atoms with E-state index >= 15 is 0 Å². The maximum atomic E-state index is 13.1. The van der Waals surface area contributed by atoms with Gasteiger partial charge in [0.1, 0.15) is 5.82 Å². The predicted molar refractivity (Wildman–Crippen MR) is 46.8 cm³/mol. The Balaban J connectivity index is 2.45. The first kappa shape index (κ1) is 9.57. The normalized spacial score (nSPS) is 18.1. The van der Waals surface area contributed by atoms with Crippen molar-refractivity contribution in [3.63, 3.8) is 0 Å². The van der Waals surface area contributed by atoms with Crippen LogP contribution < -0.4 is 4.74 Å². The van der Waals surface area contributed by atoms with Gasteiger partial charge < -0.3 is 4.74 Å². The minimum Gasteiger partial charge on any atom is -0.423 e. The summed E-state index contributed by atoms with van der Waals surface area (Å²) in [6, 6.07) is 1.67. The van der Waals surface area contributed by atoms with Crippen LogP contribution in [0.3, 0.4) is 0 Å². The first-order valence-corrected chi connectivity index (χ1v) is 4.05. The molecule has 1 aromatic carbocycles. The van der Waals surface area contributed by atoms with Gasteiger partial charge in [-0.25, -0.2) is 8.78 Å². The topological polar surface area (TPSA) is 52.4 Å². The van der Waals surface area contributed by atoms with Gasteiger partial charge in [-0.1, -0.05) is 0 Å². The lowest BCUT2D eigenvalue weighted by Crippen LogP contribution is -2.26. The monoisotopic (exact) mass is 213 g/mol. The van der Waals surface area contributed by atoms with Gasteiger partial charge in [-0.15, -0.1) is 0 Å². The molecule has 0 aromatic heterocycles. The van der Waals surface area contributed by atoms with Crippen molar-refractivity contribution >= 4 is 6.08 Å². The Morgan fingerprint density at radius 1 is 1.40 bits per heavy atom. The molecule has 0 bridgehead atoms. The second kappa shape index (κ2) is 3.30. The summed E-state index contributed by atoms with van der Waals surface area (Å²) in [7, 11) is 0. The molecule has 0 N–H and O–H groups in total. The van der Waals surface area contributed by atoms with Crippen molar-refractivity contribution in [3.05, 3.63) is 45.5 Å². The van der Waals surface area contributed by atoms with E-state index in [1.54, 1.807) is 0 Å². The summed E-state index contributed by atoms with van der Waals surface area (Å²) < 4.78 is 30.6. The van der Waals surface area contributed by atoms with E-state index in [-0.39, 0.29) is 11.3 Å². The predicted octanol–water partition coefficient (Wildman–Crippen LogP) is 1.97. The molecular weight excluding hydrogens is 208 g/mol. The zero-order valence-electron chi connectivity index (χ0n) is 7.31. The number of rotatable bonds is 1. The molecule has 0 radical (unpaired) electrons. The molecule has 1 heterocycles. The number of nitro groups is 1. The number of fused-ring (bicyclic) bond motifs is 1. The van der Waals surface area contributed by atoms with E-state index in [4.69, 9.17) is 4.74 Å². The Morgan fingerprint density at radius 2 is 2.13 bits per heavy atom. The largest absolute Gasteiger partial charge is 0.423 e. The van der Waals surface area contributed by atoms with Crippen LogP contribution >= 0.6 is 0 Å². The first-order chi connectivity index (χ1) is 7.08. The Kier molecular flexibility index (Phi) is 2.11. The molecule has 1 aromatic rings. The van der Waals surface area contributed by atoms with Gasteiger partial charge in [-0.05, 0) is 12.1 Å². The van der Waals surface area contributed by atoms with E-state index in [1.165, 1.54) is 6.08 Å². The average Bonchev–Trinajstić information content (AvgIpc) is 2.16. The van der Waals surface area contributed by atoms with E-state index in [0.29, 0.717) is 6.07 Å². The van der Waals surface area contributed by atoms with Gasteiger partial charge in [0, 0.05) is 17.7 Å². The lowest BCUT2D eigenvalue weighted by atomic mass is 10.1. The van der Waals surface area contributed by atoms with E-state index in [0.717, 1.165) is 12.1 Å². The van der Waals surface area contributed by atoms with Gasteiger partial charge in [0.05, 0.1) is 4.92 Å². The van der Waals surface area contributed by atoms with Gasteiger partial charge in [0.2, 0.25) is 0 Å². The van der Waals surface area contributed by atoms with E-state index in [1.807, 2.05) is 0 Å². The fourth-order valence-electron chi connectivity index (χ4n) is 1.29. The molecular formula is C9H5F2NO3. The van der Waals surface area contributed by atoms with Crippen molar-refractivity contribution in [1.82, 2.24) is 0 Å². The summed E-state index contributed by atoms with van der Waals surface area (Å²) in [5.74, 6) is -1.99. The third-order valence-corrected chi connectivity index (χ3v) is 1.92. The average molecular weight is 213 g/mol. The molecule has 1 aliphatic rings. The summed E-state index contributed by atoms with van der Waals surface area (Å²) >= 11 is 0. The summed E-state index contributed by atoms with van der Waals surface area (Å²) in [5.41, 5.74) is 0.158. The summed E-state index contributed by atoms with van der Waals surface area (Å²) in [4.78, 5) is 9.67. The van der Waals surface area contributed by atoms with Crippen molar-refractivity contribution in [2.45, 2.75) is 6.23 Å². The highest BCUT2D eigenvalue weighted by molar-refractivity contribution is 5.60. The van der Waals surface area contributed by atoms with Crippen LogP contribution in [0.1, 0.15) is 5.56 Å². The molecule has 0 fully saturated rings. The molecule has 4 nitrogen and oxygen atoms in total. The van der Waals surface area contributed by atoms with Crippen LogP contribution in [0.2, 0.25) is 0 Å². The summed E-state index contributed by atoms with van der Waals surface area (Å²) in [5, 5.41) is 10.4. The fourth-order valence-corrected chi connectivity index (χ4v) is 1.29. The van der Waals surface area contributed by atoms with Crippen molar-refractivity contribution in [2.24, 2.45) is 0 Å². The molecule has 6 heteroatoms. The van der Waals surface area contributed by atoms with Crippen molar-refractivity contribution in [2.75, 3.05) is 0 Å². The zero-order chi connectivity index (χ0) is 11.0. The molecule has 0 spiro atoms. The number of ether oxygens (including phenoxy) is 1. The van der Waals surface area contributed by atoms with Crippen molar-refractivity contribution < 1.29 is 18.4 Å². The molecule has 0 aliphatic carbocycles. The Hall–Kier alpha value is -1.98. The van der Waals surface area contributed by atoms with E-state index in [2.05, 4.69) is 0 Å². The molecule has 1 unspecified atom stereocenters. The SMILES string of the molecule is O=[N+]([O-])C1C=Cc2cc(F)cc(F)c2O1. The minimum atomic E-state index is -1.42. The van der Waals surface area contributed by atoms with Gasteiger partial charge in [-0.2, -0.15) is 0 Å². The van der Waals surface area contributed by atoms with Crippen LogP contribution in [-0.4, -0.2) is 11.2 Å². The maximum Gasteiger partial charge on any atom is 0.374 e. The molecule has 1 aliphatic heterocycles. The number of halogens is 2. The van der Waals surface area contributed by atoms with Gasteiger partial charge in [0.15, 0.2) is 11.6 Å². The molecule has 2 rings (SSSR count). The molecule has 78 valence electrons. The lowest BCUT2D eigenvalue weighted by molar-refractivity contribution is -0.548. The zero-order valence-corrected chi connectivity index (χ0v) is 7.31. The second-order valence-electron chi connectivity index (χ2n) is 2.96. The third kappa shape index (κ3) is 1.65. The van der Waals surface area contributed by atoms with Crippen LogP contribution in [0.4, 0.5) is 8.78 Å². The van der Waals surface area contributed by atoms with Gasteiger partial charge >= 0.3 is 6.23 Å². The van der Waals surface area contributed by atoms with Crippen LogP contribution in [0.25, 0.3) is 6.08 Å². The van der Waals surface area contributed by atoms with Gasteiger partial charge in [-0.3, -0.25) is 10.1 Å². The van der Waals surface area contributed by atoms with E-state index < -0.39 is 22.8 Å². The standard InChI is InChI=1S/C9H5F2NO3/c10-6-3-5-1-2-8(12(13)14)15-9(5)7(11)4-6/h1-4,8H. The number of hydrogen-bond donors (Lipinski definition) is 0. The highest BCUT2D eigenvalue weighted by Gasteiger charge is 2.26. The summed E-state index contributed by atoms with van der Waals surface area (Å²) in [6.07, 6.45) is 0.970. The van der Waals surface area contributed by atoms with Gasteiger partial charge in [0.25, 0.3) is 0 Å². The quantitative estimate of drug-likeness (QED) is 0.529. The van der Waals surface area contributed by atoms with Crippen molar-refractivity contribution in [3.8, 4) is 5.75 Å². The Bertz CT molecular complexity index is 459. The lowest BCUT2D eigenvalue weighted by Gasteiger charge is -2.15. The molecule has 15 heavy (non-hydrogen) atoms. The highest BCUT2D eigenvalue weighted by Crippen LogP contribution is 2.30. The number of hydrogen-bond acceptors (Lipinski definition) is 3. The summed E-state index contributed by atoms with van der Waals surface area (Å²) in [6.45, 7) is 0. The Morgan fingerprint density at radius 3 is 2.80 bits per heavy atom. The minimum absolute atomic E-state index is 0.158. The van der Waals surface area contributed by atoms with Crippen molar-refractivity contribution in [1.29, 1.82) is 0 Å². The molecule has 0 saturated carbocycles. The smallest absolute Gasteiger partial charge is 0.374 e. The molecule has 1 atom stereocenters. The third-order valence-electron chi connectivity index (χ3n) is 1.92. The van der Waals surface area contributed by atoms with Crippen LogP contribution in [0.15, 0.2) is 18.2 Å². The second-order valence-corrected chi connectivity index (χ2v) is 2.96. The number of nitrogens with zero attached hydrogens (tertiary/aromatic N) is 1. The molecule has 0 saturated heterocycles. The van der Waals surface area contributed by atoms with Crippen LogP contribution in [0, 0.1) is 21.7 Å². The van der Waals surface area contributed by atoms with Crippen LogP contribution in [0.5, 0.6) is 5.75 Å². The van der Waals surface area contributed by atoms with Crippen LogP contribution in [-0.2, 0) is 0 Å². The highest BCUT2D eigenvalue weighted by atomic mass is 19.1. The van der Waals surface area contributed by atoms with E-state index in [9.17, 15) is 18.9 Å². The Labute approximate surface area is 82.9 Å². The number of benzene rings is 1. The fraction of sp³-hybridized carbons (Fsp3) is 0.111. The maximum absolute atomic E-state index is 13.1. The first-order valence-electron chi connectivity index (χ1n) is 4.05.